The number of hydrogen-bond donors (Lipinski definition) is 4. The number of carbonyl (C=O) groups is 2. The van der Waals surface area contributed by atoms with Gasteiger partial charge in [-0.1, -0.05) is 24.3 Å². The fourth-order valence-electron chi connectivity index (χ4n) is 2.98. The number of pyridine rings is 1. The molecule has 33 heavy (non-hydrogen) atoms. The Kier molecular flexibility index (Phi) is 7.69. The number of nitrogens with one attached hydrogen (secondary N) is 2. The van der Waals surface area contributed by atoms with E-state index in [1.54, 1.807) is 24.3 Å². The minimum atomic E-state index is -1.06. The summed E-state index contributed by atoms with van der Waals surface area (Å²) in [5.41, 5.74) is 7.16. The maximum atomic E-state index is 13.6. The Hall–Kier alpha value is -4.27. The fourth-order valence-corrected chi connectivity index (χ4v) is 2.98. The number of hydrogen-bond acceptors (Lipinski definition) is 5. The van der Waals surface area contributed by atoms with E-state index in [9.17, 15) is 23.5 Å². The highest BCUT2D eigenvalue weighted by atomic mass is 19.2. The number of aromatic hydroxyl groups is 1. The number of phenols is 1. The third-order valence-corrected chi connectivity index (χ3v) is 4.67. The molecule has 0 spiro atoms. The molecule has 0 saturated carbocycles. The van der Waals surface area contributed by atoms with E-state index < -0.39 is 29.5 Å². The summed E-state index contributed by atoms with van der Waals surface area (Å²) >= 11 is 0. The van der Waals surface area contributed by atoms with E-state index in [1.165, 1.54) is 36.5 Å². The second-order valence-corrected chi connectivity index (χ2v) is 7.25. The van der Waals surface area contributed by atoms with Crippen LogP contribution in [-0.2, 0) is 22.6 Å². The molecule has 0 aliphatic carbocycles. The molecule has 7 nitrogen and oxygen atoms in total. The lowest BCUT2D eigenvalue weighted by molar-refractivity contribution is -0.127. The van der Waals surface area contributed by atoms with Crippen molar-refractivity contribution in [3.63, 3.8) is 0 Å². The van der Waals surface area contributed by atoms with Gasteiger partial charge in [0.05, 0.1) is 0 Å². The van der Waals surface area contributed by atoms with Gasteiger partial charge in [-0.2, -0.15) is 0 Å². The molecule has 2 aromatic carbocycles. The molecule has 0 unspecified atom stereocenters. The van der Waals surface area contributed by atoms with Gasteiger partial charge < -0.3 is 21.5 Å². The summed E-state index contributed by atoms with van der Waals surface area (Å²) < 4.78 is 26.9. The van der Waals surface area contributed by atoms with Crippen LogP contribution >= 0.6 is 0 Å². The van der Waals surface area contributed by atoms with E-state index in [-0.39, 0.29) is 18.7 Å². The largest absolute Gasteiger partial charge is 0.508 e. The topological polar surface area (TPSA) is 117 Å². The van der Waals surface area contributed by atoms with E-state index in [1.807, 2.05) is 0 Å². The average molecular weight is 452 g/mol. The highest BCUT2D eigenvalue weighted by Gasteiger charge is 2.21. The molecule has 3 aromatic rings. The highest BCUT2D eigenvalue weighted by Crippen LogP contribution is 2.13. The molecule has 1 atom stereocenters. The van der Waals surface area contributed by atoms with Crippen molar-refractivity contribution in [2.75, 3.05) is 5.73 Å². The summed E-state index contributed by atoms with van der Waals surface area (Å²) in [4.78, 5) is 29.2. The summed E-state index contributed by atoms with van der Waals surface area (Å²) in [6, 6.07) is 11.8. The molecule has 0 saturated heterocycles. The van der Waals surface area contributed by atoms with E-state index in [0.717, 1.165) is 12.1 Å². The molecule has 0 fully saturated rings. The van der Waals surface area contributed by atoms with Gasteiger partial charge in [-0.05, 0) is 53.1 Å². The lowest BCUT2D eigenvalue weighted by Gasteiger charge is -2.18. The number of carbonyl (C=O) groups excluding carboxylic acids is 2. The Labute approximate surface area is 189 Å². The first-order chi connectivity index (χ1) is 15.8. The van der Waals surface area contributed by atoms with Crippen LogP contribution in [0, 0.1) is 11.6 Å². The number of anilines is 1. The third-order valence-electron chi connectivity index (χ3n) is 4.67. The zero-order valence-electron chi connectivity index (χ0n) is 17.5. The molecule has 0 aliphatic heterocycles. The number of rotatable bonds is 8. The van der Waals surface area contributed by atoms with Crippen molar-refractivity contribution in [1.82, 2.24) is 15.6 Å². The highest BCUT2D eigenvalue weighted by molar-refractivity contribution is 5.95. The maximum Gasteiger partial charge on any atom is 0.244 e. The molecule has 1 heterocycles. The predicted molar refractivity (Wildman–Crippen MR) is 120 cm³/mol. The summed E-state index contributed by atoms with van der Waals surface area (Å²) in [6.45, 7) is 0.134. The molecule has 9 heteroatoms. The van der Waals surface area contributed by atoms with Crippen LogP contribution in [0.5, 0.6) is 5.75 Å². The molecule has 0 aliphatic rings. The zero-order chi connectivity index (χ0) is 23.8. The van der Waals surface area contributed by atoms with Crippen molar-refractivity contribution in [2.24, 2.45) is 0 Å². The average Bonchev–Trinajstić information content (AvgIpc) is 2.79. The van der Waals surface area contributed by atoms with Crippen LogP contribution in [0.3, 0.4) is 0 Å². The van der Waals surface area contributed by atoms with Gasteiger partial charge >= 0.3 is 0 Å². The molecular formula is C24H22F2N4O3. The number of nitrogens with zero attached hydrogens (tertiary/aromatic N) is 1. The fraction of sp³-hybridized carbons (Fsp3) is 0.125. The Morgan fingerprint density at radius 2 is 1.85 bits per heavy atom. The maximum absolute atomic E-state index is 13.6. The van der Waals surface area contributed by atoms with E-state index in [0.29, 0.717) is 22.5 Å². The van der Waals surface area contributed by atoms with Gasteiger partial charge in [0.2, 0.25) is 11.8 Å². The number of phenolic OH excluding ortho intramolecular Hbond substituents is 1. The van der Waals surface area contributed by atoms with Crippen molar-refractivity contribution in [2.45, 2.75) is 19.0 Å². The van der Waals surface area contributed by atoms with E-state index in [4.69, 9.17) is 5.73 Å². The van der Waals surface area contributed by atoms with Gasteiger partial charge in [-0.3, -0.25) is 9.59 Å². The van der Waals surface area contributed by atoms with Crippen LogP contribution in [0.25, 0.3) is 6.08 Å². The molecule has 0 radical (unpaired) electrons. The Bertz CT molecular complexity index is 1170. The Morgan fingerprint density at radius 1 is 1.06 bits per heavy atom. The van der Waals surface area contributed by atoms with Gasteiger partial charge in [0.1, 0.15) is 17.6 Å². The lowest BCUT2D eigenvalue weighted by atomic mass is 10.0. The first-order valence-electron chi connectivity index (χ1n) is 10.00. The van der Waals surface area contributed by atoms with Crippen LogP contribution in [0.2, 0.25) is 0 Å². The van der Waals surface area contributed by atoms with Crippen LogP contribution in [0.15, 0.2) is 66.9 Å². The molecule has 0 bridgehead atoms. The van der Waals surface area contributed by atoms with Crippen molar-refractivity contribution in [1.29, 1.82) is 0 Å². The van der Waals surface area contributed by atoms with Crippen LogP contribution < -0.4 is 16.4 Å². The molecule has 2 amide bonds. The summed E-state index contributed by atoms with van der Waals surface area (Å²) in [7, 11) is 0. The van der Waals surface area contributed by atoms with Gasteiger partial charge in [-0.25, -0.2) is 13.8 Å². The van der Waals surface area contributed by atoms with Gasteiger partial charge in [0.25, 0.3) is 0 Å². The zero-order valence-corrected chi connectivity index (χ0v) is 17.5. The SMILES string of the molecule is Nc1ccc(CNC(=O)[C@H](Cc2ccc(F)c(F)c2)NC(=O)/C=C/c2cccc(O)c2)cn1. The Morgan fingerprint density at radius 3 is 2.55 bits per heavy atom. The van der Waals surface area contributed by atoms with Gasteiger partial charge in [0, 0.05) is 25.2 Å². The predicted octanol–water partition coefficient (Wildman–Crippen LogP) is 2.70. The van der Waals surface area contributed by atoms with Crippen molar-refractivity contribution in [3.05, 3.63) is 95.2 Å². The minimum Gasteiger partial charge on any atom is -0.508 e. The molecular weight excluding hydrogens is 430 g/mol. The van der Waals surface area contributed by atoms with Crippen molar-refractivity contribution >= 4 is 23.7 Å². The number of nitrogen functional groups attached to an aromatic ring is 1. The first kappa shape index (κ1) is 23.4. The number of amides is 2. The van der Waals surface area contributed by atoms with Crippen molar-refractivity contribution < 1.29 is 23.5 Å². The second-order valence-electron chi connectivity index (χ2n) is 7.25. The van der Waals surface area contributed by atoms with Crippen LogP contribution in [0.4, 0.5) is 14.6 Å². The normalized spacial score (nSPS) is 11.8. The lowest BCUT2D eigenvalue weighted by Crippen LogP contribution is -2.47. The van der Waals surface area contributed by atoms with Crippen molar-refractivity contribution in [3.8, 4) is 5.75 Å². The smallest absolute Gasteiger partial charge is 0.244 e. The van der Waals surface area contributed by atoms with Gasteiger partial charge in [0.15, 0.2) is 11.6 Å². The quantitative estimate of drug-likeness (QED) is 0.392. The molecule has 1 aromatic heterocycles. The first-order valence-corrected chi connectivity index (χ1v) is 10.00. The Balaban J connectivity index is 1.71. The van der Waals surface area contributed by atoms with Crippen LogP contribution in [-0.4, -0.2) is 27.9 Å². The molecule has 170 valence electrons. The summed E-state index contributed by atoms with van der Waals surface area (Å²) in [5.74, 6) is -2.76. The minimum absolute atomic E-state index is 0.0466. The van der Waals surface area contributed by atoms with Crippen LogP contribution in [0.1, 0.15) is 16.7 Å². The van der Waals surface area contributed by atoms with E-state index in [2.05, 4.69) is 15.6 Å². The second kappa shape index (κ2) is 10.9. The summed E-state index contributed by atoms with van der Waals surface area (Å²) in [5, 5.41) is 14.8. The summed E-state index contributed by atoms with van der Waals surface area (Å²) in [6.07, 6.45) is 4.14. The number of aromatic nitrogens is 1. The number of benzene rings is 2. The number of nitrogens with two attached hydrogens (primary N) is 1. The van der Waals surface area contributed by atoms with Gasteiger partial charge in [-0.15, -0.1) is 0 Å². The number of halogens is 2. The molecule has 3 rings (SSSR count). The van der Waals surface area contributed by atoms with E-state index >= 15 is 0 Å². The third kappa shape index (κ3) is 7.13. The standard InChI is InChI=1S/C24H22F2N4O3/c25-19-7-4-16(11-20(19)26)12-21(24(33)29-14-17-5-8-22(27)28-13-17)30-23(32)9-6-15-2-1-3-18(31)10-15/h1-11,13,21,31H,12,14H2,(H2,27,28)(H,29,33)(H,30,32)/b9-6+/t21-/m0/s1. The monoisotopic (exact) mass is 452 g/mol. The molecule has 5 N–H and O–H groups in total.